The fourth-order valence-electron chi connectivity index (χ4n) is 2.58. The molecule has 1 aromatic heterocycles. The van der Waals surface area contributed by atoms with E-state index in [1.54, 1.807) is 24.3 Å². The van der Waals surface area contributed by atoms with Gasteiger partial charge in [0.15, 0.2) is 0 Å². The minimum atomic E-state index is -0.623. The van der Waals surface area contributed by atoms with Crippen LogP contribution in [0.4, 0.5) is 5.69 Å². The Labute approximate surface area is 181 Å². The average molecular weight is 450 g/mol. The number of benzene rings is 2. The van der Waals surface area contributed by atoms with Crippen LogP contribution >= 0.6 is 35.0 Å². The third kappa shape index (κ3) is 4.58. The van der Waals surface area contributed by atoms with Gasteiger partial charge in [-0.3, -0.25) is 13.9 Å². The molecule has 0 saturated heterocycles. The third-order valence-electron chi connectivity index (χ3n) is 4.19. The van der Waals surface area contributed by atoms with Crippen LogP contribution in [0.25, 0.3) is 0 Å². The number of hydrogen-bond donors (Lipinski definition) is 1. The Morgan fingerprint density at radius 3 is 2.38 bits per heavy atom. The molecular formula is C20H17Cl2N3O3S. The van der Waals surface area contributed by atoms with Crippen molar-refractivity contribution in [1.82, 2.24) is 9.13 Å². The van der Waals surface area contributed by atoms with Crippen molar-refractivity contribution in [1.29, 1.82) is 0 Å². The number of aliphatic imine (C=N–C) groups is 1. The molecule has 1 heterocycles. The molecule has 2 aromatic carbocycles. The fourth-order valence-corrected chi connectivity index (χ4v) is 3.88. The van der Waals surface area contributed by atoms with Crippen molar-refractivity contribution in [2.45, 2.75) is 5.75 Å². The summed E-state index contributed by atoms with van der Waals surface area (Å²) in [5.41, 5.74) is 0.195. The number of aromatic nitrogens is 2. The maximum atomic E-state index is 12.8. The van der Waals surface area contributed by atoms with E-state index in [-0.39, 0.29) is 10.6 Å². The van der Waals surface area contributed by atoms with Gasteiger partial charge in [0.05, 0.1) is 15.7 Å². The van der Waals surface area contributed by atoms with Crippen LogP contribution in [-0.2, 0) is 19.8 Å². The summed E-state index contributed by atoms with van der Waals surface area (Å²) >= 11 is 13.3. The highest BCUT2D eigenvalue weighted by molar-refractivity contribution is 8.13. The summed E-state index contributed by atoms with van der Waals surface area (Å²) in [5.74, 6) is -0.0111. The Morgan fingerprint density at radius 2 is 1.72 bits per heavy atom. The highest BCUT2D eigenvalue weighted by Crippen LogP contribution is 2.28. The largest absolute Gasteiger partial charge is 0.494 e. The second kappa shape index (κ2) is 8.90. The third-order valence-corrected chi connectivity index (χ3v) is 5.98. The molecule has 0 bridgehead atoms. The molecule has 3 aromatic rings. The van der Waals surface area contributed by atoms with Crippen molar-refractivity contribution < 1.29 is 5.11 Å². The van der Waals surface area contributed by atoms with Gasteiger partial charge in [-0.2, -0.15) is 0 Å². The molecule has 0 radical (unpaired) electrons. The first-order valence-electron chi connectivity index (χ1n) is 8.49. The van der Waals surface area contributed by atoms with Crippen LogP contribution in [0.5, 0.6) is 5.88 Å². The van der Waals surface area contributed by atoms with Crippen molar-refractivity contribution >= 4 is 45.7 Å². The molecule has 9 heteroatoms. The van der Waals surface area contributed by atoms with Gasteiger partial charge in [0.2, 0.25) is 5.88 Å². The Morgan fingerprint density at radius 1 is 1.03 bits per heavy atom. The standard InChI is InChI=1S/C20H17Cl2N3O3S/c1-24-18(26)16(19(27)25(2)20(24)28)17(23-13-6-4-3-5-7-13)29-11-12-8-9-14(21)15(22)10-12/h3-10,26H,11H2,1-2H3. The van der Waals surface area contributed by atoms with Crippen LogP contribution in [0.3, 0.4) is 0 Å². The van der Waals surface area contributed by atoms with E-state index in [9.17, 15) is 14.7 Å². The number of rotatable bonds is 4. The zero-order chi connectivity index (χ0) is 21.1. The van der Waals surface area contributed by atoms with E-state index in [1.807, 2.05) is 24.3 Å². The molecule has 1 N–H and O–H groups in total. The van der Waals surface area contributed by atoms with Crippen LogP contribution in [-0.4, -0.2) is 19.3 Å². The molecule has 150 valence electrons. The van der Waals surface area contributed by atoms with Crippen LogP contribution < -0.4 is 11.2 Å². The molecule has 6 nitrogen and oxygen atoms in total. The van der Waals surface area contributed by atoms with Gasteiger partial charge in [-0.25, -0.2) is 9.79 Å². The molecule has 0 fully saturated rings. The van der Waals surface area contributed by atoms with Crippen LogP contribution in [0.15, 0.2) is 63.1 Å². The monoisotopic (exact) mass is 449 g/mol. The summed E-state index contributed by atoms with van der Waals surface area (Å²) < 4.78 is 1.95. The number of para-hydroxylation sites is 1. The van der Waals surface area contributed by atoms with Crippen molar-refractivity contribution in [2.24, 2.45) is 19.1 Å². The topological polar surface area (TPSA) is 76.6 Å². The van der Waals surface area contributed by atoms with E-state index < -0.39 is 17.1 Å². The normalized spacial score (nSPS) is 11.7. The highest BCUT2D eigenvalue weighted by Gasteiger charge is 2.21. The van der Waals surface area contributed by atoms with Gasteiger partial charge in [0, 0.05) is 19.8 Å². The van der Waals surface area contributed by atoms with Gasteiger partial charge >= 0.3 is 5.69 Å². The number of nitrogens with zero attached hydrogens (tertiary/aromatic N) is 3. The summed E-state index contributed by atoms with van der Waals surface area (Å²) in [4.78, 5) is 29.4. The lowest BCUT2D eigenvalue weighted by Gasteiger charge is -2.12. The van der Waals surface area contributed by atoms with Gasteiger partial charge in [0.25, 0.3) is 5.56 Å². The fraction of sp³-hybridized carbons (Fsp3) is 0.150. The molecule has 0 saturated carbocycles. The molecule has 0 aliphatic carbocycles. The predicted octanol–water partition coefficient (Wildman–Crippen LogP) is 4.11. The van der Waals surface area contributed by atoms with Gasteiger partial charge in [0.1, 0.15) is 10.6 Å². The Bertz CT molecular complexity index is 1200. The second-order valence-corrected chi connectivity index (χ2v) is 7.97. The lowest BCUT2D eigenvalue weighted by atomic mass is 10.2. The van der Waals surface area contributed by atoms with Crippen molar-refractivity contribution in [3.8, 4) is 5.88 Å². The van der Waals surface area contributed by atoms with Crippen molar-refractivity contribution in [3.05, 3.63) is 90.5 Å². The predicted molar refractivity (Wildman–Crippen MR) is 119 cm³/mol. The van der Waals surface area contributed by atoms with E-state index >= 15 is 0 Å². The number of thioether (sulfide) groups is 1. The SMILES string of the molecule is Cn1c(O)c(C(=Nc2ccccc2)SCc2ccc(Cl)c(Cl)c2)c(=O)n(C)c1=O. The van der Waals surface area contributed by atoms with Crippen LogP contribution in [0, 0.1) is 0 Å². The number of aromatic hydroxyl groups is 1. The quantitative estimate of drug-likeness (QED) is 0.480. The Balaban J connectivity index is 2.10. The minimum Gasteiger partial charge on any atom is -0.494 e. The van der Waals surface area contributed by atoms with Crippen molar-refractivity contribution in [2.75, 3.05) is 0 Å². The summed E-state index contributed by atoms with van der Waals surface area (Å²) in [6.07, 6.45) is 0. The van der Waals surface area contributed by atoms with Gasteiger partial charge in [-0.05, 0) is 29.8 Å². The van der Waals surface area contributed by atoms with Gasteiger partial charge in [-0.15, -0.1) is 11.8 Å². The number of halogens is 2. The molecule has 0 spiro atoms. The highest BCUT2D eigenvalue weighted by atomic mass is 35.5. The molecule has 29 heavy (non-hydrogen) atoms. The summed E-state index contributed by atoms with van der Waals surface area (Å²) in [6, 6.07) is 14.3. The molecule has 0 aliphatic rings. The van der Waals surface area contributed by atoms with E-state index in [2.05, 4.69) is 4.99 Å². The molecule has 0 amide bonds. The van der Waals surface area contributed by atoms with E-state index in [4.69, 9.17) is 23.2 Å². The van der Waals surface area contributed by atoms with E-state index in [0.29, 0.717) is 21.5 Å². The molecule has 3 rings (SSSR count). The maximum absolute atomic E-state index is 12.8. The summed E-state index contributed by atoms with van der Waals surface area (Å²) in [7, 11) is 2.75. The Hall–Kier alpha value is -2.48. The summed E-state index contributed by atoms with van der Waals surface area (Å²) in [5, 5.41) is 11.7. The van der Waals surface area contributed by atoms with E-state index in [0.717, 1.165) is 14.7 Å². The smallest absolute Gasteiger partial charge is 0.333 e. The number of hydrogen-bond acceptors (Lipinski definition) is 5. The van der Waals surface area contributed by atoms with E-state index in [1.165, 1.54) is 25.9 Å². The lowest BCUT2D eigenvalue weighted by Crippen LogP contribution is -2.39. The Kier molecular flexibility index (Phi) is 6.52. The molecular weight excluding hydrogens is 433 g/mol. The van der Waals surface area contributed by atoms with Crippen LogP contribution in [0.2, 0.25) is 10.0 Å². The van der Waals surface area contributed by atoms with Gasteiger partial charge < -0.3 is 5.11 Å². The molecule has 0 aliphatic heterocycles. The molecule has 0 atom stereocenters. The minimum absolute atomic E-state index is 0.0384. The zero-order valence-electron chi connectivity index (χ0n) is 15.6. The first-order chi connectivity index (χ1) is 13.8. The van der Waals surface area contributed by atoms with Gasteiger partial charge in [-0.1, -0.05) is 47.5 Å². The maximum Gasteiger partial charge on any atom is 0.333 e. The van der Waals surface area contributed by atoms with Crippen LogP contribution in [0.1, 0.15) is 11.1 Å². The lowest BCUT2D eigenvalue weighted by molar-refractivity contribution is 0.410. The zero-order valence-corrected chi connectivity index (χ0v) is 17.9. The van der Waals surface area contributed by atoms with Crippen molar-refractivity contribution in [3.63, 3.8) is 0 Å². The average Bonchev–Trinajstić information content (AvgIpc) is 2.72. The second-order valence-electron chi connectivity index (χ2n) is 6.19. The molecule has 0 unspecified atom stereocenters. The first-order valence-corrected chi connectivity index (χ1v) is 10.2. The summed E-state index contributed by atoms with van der Waals surface area (Å²) in [6.45, 7) is 0. The first kappa shape index (κ1) is 21.2.